The lowest BCUT2D eigenvalue weighted by Gasteiger charge is -2.26. The smallest absolute Gasteiger partial charge is 0.176 e. The van der Waals surface area contributed by atoms with Gasteiger partial charge in [-0.1, -0.05) is 55.5 Å². The maximum Gasteiger partial charge on any atom is 0.176 e. The van der Waals surface area contributed by atoms with E-state index < -0.39 is 18.1 Å². The number of aromatic nitrogens is 1. The Labute approximate surface area is 334 Å². The van der Waals surface area contributed by atoms with E-state index in [-0.39, 0.29) is 42.1 Å². The first-order valence-corrected chi connectivity index (χ1v) is 19.7. The van der Waals surface area contributed by atoms with Crippen molar-refractivity contribution in [3.63, 3.8) is 0 Å². The van der Waals surface area contributed by atoms with E-state index in [2.05, 4.69) is 46.5 Å². The molecule has 0 aliphatic carbocycles. The number of phenolic OH excluding ortho intramolecular Hbond substituents is 2. The van der Waals surface area contributed by atoms with E-state index in [1.807, 2.05) is 42.7 Å². The molecule has 10 heteroatoms. The third-order valence-corrected chi connectivity index (χ3v) is 10.8. The standard InChI is InChI=1S/C47H53N3O7/c1-4-34-10-11-35-7-5-6-8-39(35)40(34)24-41-36(12-14-43(53)47(41)56-3)23-38(21-33-16-18-49-28-33)45(55)25-44(54)37(20-32-15-17-48-27-32)19-31-9-13-42(52)46(22-31)57-29-50-26-30(2)51/h5-18,22,27-28,30,37-38,45,49-51,55H,4,19-21,23-26,29H2,1-3H3,(H-,52,53)/p+1. The number of H-pyrrole nitrogens is 1. The molecule has 6 N–H and O–H groups in total. The molecule has 0 saturated carbocycles. The number of methoxy groups -OCH3 is 1. The largest absolute Gasteiger partial charge is 0.504 e. The first-order valence-electron chi connectivity index (χ1n) is 19.7. The molecule has 0 fully saturated rings. The second-order valence-electron chi connectivity index (χ2n) is 15.0. The van der Waals surface area contributed by atoms with Crippen LogP contribution in [-0.4, -0.2) is 70.0 Å². The van der Waals surface area contributed by atoms with Crippen LogP contribution in [0.2, 0.25) is 0 Å². The monoisotopic (exact) mass is 772 g/mol. The topological polar surface area (TPSA) is 157 Å². The fourth-order valence-electron chi connectivity index (χ4n) is 7.83. The Morgan fingerprint density at radius 3 is 2.46 bits per heavy atom. The van der Waals surface area contributed by atoms with E-state index in [1.54, 1.807) is 51.1 Å². The molecule has 5 aromatic rings. The van der Waals surface area contributed by atoms with Crippen LogP contribution in [0.15, 0.2) is 102 Å². The van der Waals surface area contributed by atoms with E-state index in [0.29, 0.717) is 44.4 Å². The number of aliphatic hydroxyl groups is 2. The van der Waals surface area contributed by atoms with Gasteiger partial charge in [0.15, 0.2) is 29.2 Å². The van der Waals surface area contributed by atoms with Gasteiger partial charge in [0.1, 0.15) is 24.6 Å². The highest BCUT2D eigenvalue weighted by Crippen LogP contribution is 2.38. The maximum atomic E-state index is 14.4. The summed E-state index contributed by atoms with van der Waals surface area (Å²) in [5.74, 6) is -0.202. The number of carbonyl (C=O) groups is 1. The number of carbonyl (C=O) groups excluding carboxylic acids is 1. The minimum atomic E-state index is -0.984. The summed E-state index contributed by atoms with van der Waals surface area (Å²) in [4.78, 5) is 21.7. The van der Waals surface area contributed by atoms with Crippen LogP contribution < -0.4 is 14.8 Å². The zero-order chi connectivity index (χ0) is 40.3. The Kier molecular flexibility index (Phi) is 14.1. The summed E-state index contributed by atoms with van der Waals surface area (Å²) in [6, 6.07) is 23.2. The fourth-order valence-corrected chi connectivity index (χ4v) is 7.83. The highest BCUT2D eigenvalue weighted by atomic mass is 16.5. The number of allylic oxidation sites excluding steroid dienone is 1. The molecule has 1 aromatic heterocycles. The first-order chi connectivity index (χ1) is 27.6. The molecule has 0 amide bonds. The molecular formula is C47H54N3O7+. The van der Waals surface area contributed by atoms with Gasteiger partial charge in [-0.25, -0.2) is 0 Å². The molecule has 1 aliphatic rings. The molecule has 1 aliphatic heterocycles. The van der Waals surface area contributed by atoms with Crippen LogP contribution in [0.1, 0.15) is 60.1 Å². The average molecular weight is 773 g/mol. The van der Waals surface area contributed by atoms with E-state index in [1.165, 1.54) is 11.1 Å². The molecule has 0 saturated heterocycles. The van der Waals surface area contributed by atoms with Crippen molar-refractivity contribution in [2.24, 2.45) is 16.8 Å². The lowest BCUT2D eigenvalue weighted by molar-refractivity contribution is -0.125. The van der Waals surface area contributed by atoms with Crippen molar-refractivity contribution in [1.82, 2.24) is 10.3 Å². The number of aryl methyl sites for hydroxylation is 1. The van der Waals surface area contributed by atoms with Gasteiger partial charge < -0.3 is 34.9 Å². The normalized spacial score (nSPS) is 14.5. The Balaban J connectivity index is 1.27. The predicted molar refractivity (Wildman–Crippen MR) is 224 cm³/mol. The zero-order valence-corrected chi connectivity index (χ0v) is 32.9. The number of aliphatic hydroxyl groups excluding tert-OH is 2. The van der Waals surface area contributed by atoms with Crippen LogP contribution >= 0.6 is 0 Å². The van der Waals surface area contributed by atoms with Crippen LogP contribution in [0.4, 0.5) is 0 Å². The van der Waals surface area contributed by atoms with Gasteiger partial charge in [0.25, 0.3) is 0 Å². The van der Waals surface area contributed by atoms with Crippen LogP contribution in [0, 0.1) is 18.4 Å². The maximum absolute atomic E-state index is 14.4. The number of hydrogen-bond donors (Lipinski definition) is 6. The van der Waals surface area contributed by atoms with Crippen LogP contribution in [-0.2, 0) is 36.9 Å². The summed E-state index contributed by atoms with van der Waals surface area (Å²) in [5, 5.41) is 48.4. The lowest BCUT2D eigenvalue weighted by Crippen LogP contribution is -2.31. The number of Topliss-reactive ketones (excluding diaryl/α,β-unsaturated/α-hetero) is 1. The highest BCUT2D eigenvalue weighted by molar-refractivity contribution is 5.88. The minimum Gasteiger partial charge on any atom is -0.504 e. The predicted octanol–water partition coefficient (Wildman–Crippen LogP) is 7.19. The van der Waals surface area contributed by atoms with Crippen molar-refractivity contribution in [2.45, 2.75) is 71.0 Å². The van der Waals surface area contributed by atoms with Crippen LogP contribution in [0.3, 0.4) is 0 Å². The number of hydrogen-bond acceptors (Lipinski definition) is 9. The molecule has 0 radical (unpaired) electrons. The molecule has 2 heterocycles. The molecule has 10 nitrogen and oxygen atoms in total. The Bertz CT molecular complexity index is 2180. The summed E-state index contributed by atoms with van der Waals surface area (Å²) >= 11 is 0. The Hall–Kier alpha value is -5.55. The van der Waals surface area contributed by atoms with Gasteiger partial charge in [0, 0.05) is 49.7 Å². The van der Waals surface area contributed by atoms with E-state index in [4.69, 9.17) is 9.47 Å². The van der Waals surface area contributed by atoms with E-state index in [9.17, 15) is 25.2 Å². The second kappa shape index (κ2) is 19.5. The second-order valence-corrected chi connectivity index (χ2v) is 15.0. The number of nitrogens with zero attached hydrogens (tertiary/aromatic N) is 1. The average Bonchev–Trinajstić information content (AvgIpc) is 3.93. The number of nitrogens with one attached hydrogen (secondary N) is 2. The molecule has 298 valence electrons. The molecule has 4 atom stereocenters. The number of aromatic hydroxyl groups is 2. The van der Waals surface area contributed by atoms with Gasteiger partial charge in [0.05, 0.1) is 25.4 Å². The third-order valence-electron chi connectivity index (χ3n) is 10.8. The van der Waals surface area contributed by atoms with Gasteiger partial charge in [-0.2, -0.15) is 0 Å². The number of phenols is 2. The van der Waals surface area contributed by atoms with Gasteiger partial charge in [-0.05, 0) is 101 Å². The number of rotatable bonds is 21. The van der Waals surface area contributed by atoms with Crippen molar-refractivity contribution < 1.29 is 34.7 Å². The number of benzene rings is 4. The van der Waals surface area contributed by atoms with Crippen molar-refractivity contribution >= 4 is 22.8 Å². The molecule has 4 unspecified atom stereocenters. The summed E-state index contributed by atoms with van der Waals surface area (Å²) in [6.45, 7) is 5.94. The number of ether oxygens (including phenoxy) is 2. The fraction of sp³-hybridized carbons (Fsp3) is 0.340. The summed E-state index contributed by atoms with van der Waals surface area (Å²) in [7, 11) is 1.57. The molecular weight excluding hydrogens is 719 g/mol. The third kappa shape index (κ3) is 10.7. The number of ketones is 1. The van der Waals surface area contributed by atoms with Crippen LogP contribution in [0.25, 0.3) is 10.8 Å². The zero-order valence-electron chi connectivity index (χ0n) is 32.9. The Morgan fingerprint density at radius 1 is 0.912 bits per heavy atom. The van der Waals surface area contributed by atoms with Gasteiger partial charge >= 0.3 is 0 Å². The van der Waals surface area contributed by atoms with Gasteiger partial charge in [0.2, 0.25) is 0 Å². The number of aromatic amines is 1. The van der Waals surface area contributed by atoms with Crippen molar-refractivity contribution in [3.05, 3.63) is 137 Å². The van der Waals surface area contributed by atoms with Crippen molar-refractivity contribution in [3.8, 4) is 23.0 Å². The van der Waals surface area contributed by atoms with Gasteiger partial charge in [-0.15, -0.1) is 4.99 Å². The van der Waals surface area contributed by atoms with Crippen LogP contribution in [0.5, 0.6) is 23.0 Å². The first kappa shape index (κ1) is 41.1. The SMILES string of the molecule is CCc1ccc2ccccc2c1Cc1c(CC(Cc2cc[nH]c2)C(O)CC(=O)C(CC2=C[CH+]N=C2)Cc2ccc(O)c(OCNCC(C)O)c2)ccc(O)c1OC. The van der Waals surface area contributed by atoms with E-state index in [0.717, 1.165) is 45.0 Å². The number of fused-ring (bicyclic) bond motifs is 1. The van der Waals surface area contributed by atoms with E-state index >= 15 is 0 Å². The Morgan fingerprint density at radius 2 is 1.72 bits per heavy atom. The quantitative estimate of drug-likeness (QED) is 0.0260. The molecule has 4 aromatic carbocycles. The summed E-state index contributed by atoms with van der Waals surface area (Å²) in [5.41, 5.74) is 6.91. The molecule has 57 heavy (non-hydrogen) atoms. The number of aliphatic imine (C=N–C) groups is 1. The molecule has 0 spiro atoms. The van der Waals surface area contributed by atoms with Crippen molar-refractivity contribution in [2.75, 3.05) is 20.4 Å². The highest BCUT2D eigenvalue weighted by Gasteiger charge is 2.31. The molecule has 6 rings (SSSR count). The summed E-state index contributed by atoms with van der Waals surface area (Å²) < 4.78 is 11.6. The van der Waals surface area contributed by atoms with Gasteiger partial charge in [-0.3, -0.25) is 10.1 Å². The van der Waals surface area contributed by atoms with Crippen molar-refractivity contribution in [1.29, 1.82) is 0 Å². The minimum absolute atomic E-state index is 0.0275. The lowest BCUT2D eigenvalue weighted by atomic mass is 9.81. The summed E-state index contributed by atoms with van der Waals surface area (Å²) in [6.07, 6.45) is 8.96. The molecule has 0 bridgehead atoms.